The monoisotopic (exact) mass is 412 g/mol. The minimum atomic E-state index is -0.723. The van der Waals surface area contributed by atoms with E-state index in [4.69, 9.17) is 10.00 Å². The molecule has 1 aliphatic heterocycles. The van der Waals surface area contributed by atoms with Gasteiger partial charge in [0, 0.05) is 18.5 Å². The van der Waals surface area contributed by atoms with Gasteiger partial charge < -0.3 is 20.7 Å². The van der Waals surface area contributed by atoms with E-state index in [-0.39, 0.29) is 30.8 Å². The third kappa shape index (κ3) is 6.76. The number of hydrogen-bond donors (Lipinski definition) is 3. The topological polar surface area (TPSA) is 120 Å². The summed E-state index contributed by atoms with van der Waals surface area (Å²) in [7, 11) is 0. The molecule has 0 aromatic heterocycles. The number of nitriles is 1. The van der Waals surface area contributed by atoms with Gasteiger partial charge in [0.2, 0.25) is 11.8 Å². The van der Waals surface area contributed by atoms with Crippen molar-refractivity contribution < 1.29 is 19.1 Å². The van der Waals surface area contributed by atoms with Crippen molar-refractivity contribution >= 4 is 17.9 Å². The highest BCUT2D eigenvalue weighted by molar-refractivity contribution is 5.86. The lowest BCUT2D eigenvalue weighted by Crippen LogP contribution is -2.50. The van der Waals surface area contributed by atoms with Gasteiger partial charge in [-0.2, -0.15) is 5.26 Å². The average Bonchev–Trinajstić information content (AvgIpc) is 3.47. The molecule has 1 aromatic carbocycles. The summed E-state index contributed by atoms with van der Waals surface area (Å²) >= 11 is 0. The fourth-order valence-corrected chi connectivity index (χ4v) is 3.64. The molecule has 1 heterocycles. The number of hydrogen-bond acceptors (Lipinski definition) is 5. The molecule has 30 heavy (non-hydrogen) atoms. The second kappa shape index (κ2) is 10.6. The van der Waals surface area contributed by atoms with Crippen molar-refractivity contribution in [2.45, 2.75) is 57.2 Å². The highest BCUT2D eigenvalue weighted by Gasteiger charge is 2.33. The van der Waals surface area contributed by atoms with Crippen LogP contribution in [-0.2, 0) is 20.9 Å². The molecule has 0 bridgehead atoms. The van der Waals surface area contributed by atoms with Gasteiger partial charge in [-0.25, -0.2) is 4.79 Å². The molecule has 3 rings (SSSR count). The summed E-state index contributed by atoms with van der Waals surface area (Å²) in [5, 5.41) is 17.4. The number of nitrogens with one attached hydrogen (secondary N) is 3. The molecular weight excluding hydrogens is 384 g/mol. The quantitative estimate of drug-likeness (QED) is 0.543. The van der Waals surface area contributed by atoms with Gasteiger partial charge in [0.25, 0.3) is 0 Å². The third-order valence-corrected chi connectivity index (χ3v) is 5.50. The molecule has 1 saturated heterocycles. The minimum absolute atomic E-state index is 0.0377. The Bertz CT molecular complexity index is 788. The van der Waals surface area contributed by atoms with E-state index in [2.05, 4.69) is 22.0 Å². The molecule has 2 aliphatic rings. The van der Waals surface area contributed by atoms with Gasteiger partial charge in [-0.05, 0) is 30.7 Å². The first kappa shape index (κ1) is 21.6. The molecule has 1 saturated carbocycles. The van der Waals surface area contributed by atoms with Crippen LogP contribution in [0.3, 0.4) is 0 Å². The zero-order chi connectivity index (χ0) is 21.3. The molecule has 0 spiro atoms. The van der Waals surface area contributed by atoms with E-state index in [1.165, 1.54) is 0 Å². The van der Waals surface area contributed by atoms with Crippen molar-refractivity contribution in [3.63, 3.8) is 0 Å². The van der Waals surface area contributed by atoms with Crippen LogP contribution >= 0.6 is 0 Å². The van der Waals surface area contributed by atoms with Crippen molar-refractivity contribution in [2.75, 3.05) is 6.54 Å². The van der Waals surface area contributed by atoms with Crippen molar-refractivity contribution in [3.8, 4) is 6.07 Å². The molecule has 3 N–H and O–H groups in total. The van der Waals surface area contributed by atoms with Crippen LogP contribution in [0.1, 0.15) is 44.1 Å². The molecule has 8 nitrogen and oxygen atoms in total. The maximum Gasteiger partial charge on any atom is 0.408 e. The van der Waals surface area contributed by atoms with Gasteiger partial charge >= 0.3 is 6.09 Å². The Morgan fingerprint density at radius 1 is 1.17 bits per heavy atom. The first-order chi connectivity index (χ1) is 14.5. The summed E-state index contributed by atoms with van der Waals surface area (Å²) < 4.78 is 5.25. The van der Waals surface area contributed by atoms with Crippen LogP contribution in [0.25, 0.3) is 0 Å². The van der Waals surface area contributed by atoms with Crippen molar-refractivity contribution in [1.82, 2.24) is 16.0 Å². The molecule has 1 aliphatic carbocycles. The summed E-state index contributed by atoms with van der Waals surface area (Å²) in [4.78, 5) is 37.0. The van der Waals surface area contributed by atoms with Crippen LogP contribution in [0, 0.1) is 23.2 Å². The van der Waals surface area contributed by atoms with E-state index < -0.39 is 18.2 Å². The summed E-state index contributed by atoms with van der Waals surface area (Å²) in [6.07, 6.45) is 3.19. The number of amides is 3. The van der Waals surface area contributed by atoms with Crippen molar-refractivity contribution in [2.24, 2.45) is 11.8 Å². The predicted molar refractivity (Wildman–Crippen MR) is 109 cm³/mol. The Balaban J connectivity index is 1.54. The Kier molecular flexibility index (Phi) is 7.66. The minimum Gasteiger partial charge on any atom is -0.445 e. The number of benzene rings is 1. The molecule has 2 fully saturated rings. The normalized spacial score (nSPS) is 19.8. The summed E-state index contributed by atoms with van der Waals surface area (Å²) in [6, 6.07) is 10.2. The first-order valence-electron chi connectivity index (χ1n) is 10.5. The Hall–Kier alpha value is -3.08. The predicted octanol–water partition coefficient (Wildman–Crippen LogP) is 2.01. The molecule has 0 radical (unpaired) electrons. The number of ether oxygens (including phenoxy) is 1. The number of carbonyl (C=O) groups is 3. The van der Waals surface area contributed by atoms with Crippen LogP contribution < -0.4 is 16.0 Å². The Morgan fingerprint density at radius 3 is 2.57 bits per heavy atom. The molecule has 0 unspecified atom stereocenters. The van der Waals surface area contributed by atoms with Crippen LogP contribution in [0.2, 0.25) is 0 Å². The first-order valence-corrected chi connectivity index (χ1v) is 10.5. The number of rotatable bonds is 10. The fraction of sp³-hybridized carbons (Fsp3) is 0.545. The third-order valence-electron chi connectivity index (χ3n) is 5.50. The van der Waals surface area contributed by atoms with E-state index in [1.54, 1.807) is 0 Å². The fourth-order valence-electron chi connectivity index (χ4n) is 3.64. The zero-order valence-corrected chi connectivity index (χ0v) is 16.9. The highest BCUT2D eigenvalue weighted by atomic mass is 16.5. The summed E-state index contributed by atoms with van der Waals surface area (Å²) in [5.41, 5.74) is 0.861. The van der Waals surface area contributed by atoms with E-state index in [0.29, 0.717) is 31.7 Å². The molecule has 1 aromatic rings. The SMILES string of the molecule is N#CC[C@H](C[C@@H]1CCNC1=O)NC(=O)[C@H](CC1CC1)NC(=O)OCc1ccccc1. The van der Waals surface area contributed by atoms with Gasteiger partial charge in [0.1, 0.15) is 12.6 Å². The summed E-state index contributed by atoms with van der Waals surface area (Å²) in [5.74, 6) is -0.166. The van der Waals surface area contributed by atoms with E-state index >= 15 is 0 Å². The van der Waals surface area contributed by atoms with Crippen LogP contribution in [-0.4, -0.2) is 36.5 Å². The van der Waals surface area contributed by atoms with Gasteiger partial charge in [0.15, 0.2) is 0 Å². The zero-order valence-electron chi connectivity index (χ0n) is 16.9. The van der Waals surface area contributed by atoms with Crippen LogP contribution in [0.5, 0.6) is 0 Å². The van der Waals surface area contributed by atoms with Gasteiger partial charge in [-0.3, -0.25) is 9.59 Å². The Labute approximate surface area is 176 Å². The maximum atomic E-state index is 12.9. The standard InChI is InChI=1S/C22H28N4O4/c23-10-8-18(13-17-9-11-24-20(17)27)25-21(28)19(12-15-6-7-15)26-22(29)30-14-16-4-2-1-3-5-16/h1-5,15,17-19H,6-9,11-14H2,(H,24,27)(H,25,28)(H,26,29)/t17-,18+,19-/m0/s1. The summed E-state index contributed by atoms with van der Waals surface area (Å²) in [6.45, 7) is 0.744. The molecule has 3 amide bonds. The van der Waals surface area contributed by atoms with Gasteiger partial charge in [-0.1, -0.05) is 43.2 Å². The number of carbonyl (C=O) groups excluding carboxylic acids is 3. The molecule has 3 atom stereocenters. The van der Waals surface area contributed by atoms with Gasteiger partial charge in [-0.15, -0.1) is 0 Å². The Morgan fingerprint density at radius 2 is 1.93 bits per heavy atom. The lowest BCUT2D eigenvalue weighted by molar-refractivity contribution is -0.125. The lowest BCUT2D eigenvalue weighted by Gasteiger charge is -2.23. The second-order valence-corrected chi connectivity index (χ2v) is 8.02. The molecule has 8 heteroatoms. The smallest absolute Gasteiger partial charge is 0.408 e. The highest BCUT2D eigenvalue weighted by Crippen LogP contribution is 2.33. The van der Waals surface area contributed by atoms with Crippen LogP contribution in [0.4, 0.5) is 4.79 Å². The number of nitrogens with zero attached hydrogens (tertiary/aromatic N) is 1. The molecular formula is C22H28N4O4. The van der Waals surface area contributed by atoms with Crippen molar-refractivity contribution in [1.29, 1.82) is 5.26 Å². The van der Waals surface area contributed by atoms with Crippen LogP contribution in [0.15, 0.2) is 30.3 Å². The average molecular weight is 412 g/mol. The largest absolute Gasteiger partial charge is 0.445 e. The maximum absolute atomic E-state index is 12.9. The van der Waals surface area contributed by atoms with E-state index in [0.717, 1.165) is 18.4 Å². The molecule has 160 valence electrons. The van der Waals surface area contributed by atoms with Gasteiger partial charge in [0.05, 0.1) is 12.5 Å². The number of alkyl carbamates (subject to hydrolysis) is 1. The van der Waals surface area contributed by atoms with E-state index in [1.807, 2.05) is 30.3 Å². The van der Waals surface area contributed by atoms with Crippen molar-refractivity contribution in [3.05, 3.63) is 35.9 Å². The second-order valence-electron chi connectivity index (χ2n) is 8.02. The lowest BCUT2D eigenvalue weighted by atomic mass is 9.96. The van der Waals surface area contributed by atoms with E-state index in [9.17, 15) is 14.4 Å².